The number of anilines is 2. The van der Waals surface area contributed by atoms with Crippen LogP contribution >= 0.6 is 22.6 Å². The third-order valence-electron chi connectivity index (χ3n) is 6.42. The van der Waals surface area contributed by atoms with E-state index in [-0.39, 0.29) is 39.5 Å². The Morgan fingerprint density at radius 2 is 1.94 bits per heavy atom. The second-order valence-corrected chi connectivity index (χ2v) is 11.8. The maximum absolute atomic E-state index is 14.8. The molecule has 1 saturated carbocycles. The summed E-state index contributed by atoms with van der Waals surface area (Å²) in [6, 6.07) is 12.3. The van der Waals surface area contributed by atoms with E-state index in [4.69, 9.17) is 4.42 Å². The molecule has 1 aliphatic rings. The van der Waals surface area contributed by atoms with Gasteiger partial charge in [0.2, 0.25) is 0 Å². The summed E-state index contributed by atoms with van der Waals surface area (Å²) in [6.07, 6.45) is 3.40. The molecule has 1 aliphatic carbocycles. The Morgan fingerprint density at radius 3 is 2.61 bits per heavy atom. The van der Waals surface area contributed by atoms with E-state index in [1.54, 1.807) is 29.9 Å². The van der Waals surface area contributed by atoms with Gasteiger partial charge >= 0.3 is 5.63 Å². The summed E-state index contributed by atoms with van der Waals surface area (Å²) >= 11 is 0.991. The first kappa shape index (κ1) is 25.0. The van der Waals surface area contributed by atoms with Crippen molar-refractivity contribution >= 4 is 56.1 Å². The number of benzene rings is 2. The average Bonchev–Trinajstić information content (AvgIpc) is 3.63. The summed E-state index contributed by atoms with van der Waals surface area (Å²) in [5, 5.41) is 3.23. The minimum absolute atomic E-state index is 0.0575. The monoisotopic (exact) mass is 618 g/mol. The summed E-state index contributed by atoms with van der Waals surface area (Å²) < 4.78 is 34.9. The first-order valence-corrected chi connectivity index (χ1v) is 14.3. The van der Waals surface area contributed by atoms with Crippen LogP contribution in [0.5, 0.6) is 0 Å². The van der Waals surface area contributed by atoms with Gasteiger partial charge in [-0.3, -0.25) is 4.79 Å². The molecule has 0 amide bonds. The molecule has 2 heterocycles. The molecule has 2 aromatic carbocycles. The minimum Gasteiger partial charge on any atom is -0.616 e. The molecule has 1 atom stereocenters. The molecule has 0 radical (unpaired) electrons. The number of aromatic nitrogens is 1. The predicted octanol–water partition coefficient (Wildman–Crippen LogP) is 5.94. The van der Waals surface area contributed by atoms with Crippen LogP contribution in [-0.2, 0) is 16.9 Å². The Balaban J connectivity index is 1.84. The summed E-state index contributed by atoms with van der Waals surface area (Å²) in [5.41, 5.74) is 2.84. The highest BCUT2D eigenvalue weighted by Gasteiger charge is 2.31. The number of fused-ring (bicyclic) bond motifs is 1. The van der Waals surface area contributed by atoms with E-state index < -0.39 is 22.6 Å². The molecule has 36 heavy (non-hydrogen) atoms. The second-order valence-electron chi connectivity index (χ2n) is 9.13. The number of halogens is 2. The van der Waals surface area contributed by atoms with Crippen molar-refractivity contribution < 1.29 is 13.4 Å². The van der Waals surface area contributed by atoms with Crippen molar-refractivity contribution in [1.82, 2.24) is 4.57 Å². The number of nitrogens with zero attached hydrogens (tertiary/aromatic N) is 1. The Kier molecular flexibility index (Phi) is 6.73. The zero-order valence-electron chi connectivity index (χ0n) is 20.0. The van der Waals surface area contributed by atoms with E-state index in [0.717, 1.165) is 27.5 Å². The molecule has 0 bridgehead atoms. The molecule has 4 aromatic rings. The van der Waals surface area contributed by atoms with Gasteiger partial charge in [0.1, 0.15) is 17.0 Å². The maximum Gasteiger partial charge on any atom is 0.341 e. The van der Waals surface area contributed by atoms with Gasteiger partial charge in [-0.05, 0) is 79.1 Å². The summed E-state index contributed by atoms with van der Waals surface area (Å²) in [4.78, 5) is 26.8. The van der Waals surface area contributed by atoms with Crippen molar-refractivity contribution in [3.05, 3.63) is 89.4 Å². The van der Waals surface area contributed by atoms with Gasteiger partial charge in [0.15, 0.2) is 5.58 Å². The van der Waals surface area contributed by atoms with Crippen molar-refractivity contribution in [3.8, 4) is 11.1 Å². The van der Waals surface area contributed by atoms with E-state index in [1.807, 2.05) is 53.8 Å². The van der Waals surface area contributed by atoms with Crippen LogP contribution < -0.4 is 16.5 Å². The van der Waals surface area contributed by atoms with Crippen LogP contribution in [0.3, 0.4) is 0 Å². The van der Waals surface area contributed by atoms with Gasteiger partial charge in [-0.15, -0.1) is 0 Å². The third-order valence-corrected chi connectivity index (χ3v) is 7.84. The molecule has 6 nitrogen and oxygen atoms in total. The van der Waals surface area contributed by atoms with Crippen LogP contribution in [0, 0.1) is 23.2 Å². The van der Waals surface area contributed by atoms with E-state index >= 15 is 0 Å². The van der Waals surface area contributed by atoms with Crippen LogP contribution in [0.2, 0.25) is 0 Å². The molecule has 9 heteroatoms. The highest BCUT2D eigenvalue weighted by atomic mass is 127. The number of rotatable bonds is 6. The minimum atomic E-state index is -1.03. The molecule has 0 spiro atoms. The van der Waals surface area contributed by atoms with Gasteiger partial charge in [-0.25, -0.2) is 9.18 Å². The lowest BCUT2D eigenvalue weighted by molar-refractivity contribution is 0.553. The van der Waals surface area contributed by atoms with Crippen LogP contribution in [0.15, 0.2) is 56.5 Å². The SMILES string of the molecule is Cc1c(Nc2ccc(I)cc2F)c2c(=O)n(C3CC3)c(C)c(-c3cccc(C[S+](C)[O-])c3)c2oc1=O. The normalized spacial score (nSPS) is 14.3. The third kappa shape index (κ3) is 4.59. The largest absolute Gasteiger partial charge is 0.616 e. The molecule has 1 N–H and O–H groups in total. The highest BCUT2D eigenvalue weighted by molar-refractivity contribution is 14.1. The lowest BCUT2D eigenvalue weighted by atomic mass is 9.98. The molecular formula is C27H24FIN2O4S. The topological polar surface area (TPSA) is 87.3 Å². The predicted molar refractivity (Wildman–Crippen MR) is 150 cm³/mol. The van der Waals surface area contributed by atoms with Gasteiger partial charge in [0.25, 0.3) is 5.56 Å². The summed E-state index contributed by atoms with van der Waals surface area (Å²) in [6.45, 7) is 3.42. The molecule has 5 rings (SSSR count). The molecule has 0 saturated heterocycles. The Labute approximate surface area is 223 Å². The van der Waals surface area contributed by atoms with E-state index in [9.17, 15) is 18.5 Å². The van der Waals surface area contributed by atoms with Crippen molar-refractivity contribution in [2.24, 2.45) is 0 Å². The van der Waals surface area contributed by atoms with Crippen molar-refractivity contribution in [3.63, 3.8) is 0 Å². The van der Waals surface area contributed by atoms with E-state index in [1.165, 1.54) is 6.07 Å². The average molecular weight is 618 g/mol. The zero-order chi connectivity index (χ0) is 25.7. The maximum atomic E-state index is 14.8. The fourth-order valence-corrected chi connectivity index (χ4v) is 5.71. The van der Waals surface area contributed by atoms with Crippen molar-refractivity contribution in [2.45, 2.75) is 38.5 Å². The van der Waals surface area contributed by atoms with Crippen molar-refractivity contribution in [2.75, 3.05) is 11.6 Å². The summed E-state index contributed by atoms with van der Waals surface area (Å²) in [7, 11) is 0. The van der Waals surface area contributed by atoms with Crippen LogP contribution in [0.4, 0.5) is 15.8 Å². The first-order chi connectivity index (χ1) is 17.2. The number of pyridine rings is 1. The van der Waals surface area contributed by atoms with Gasteiger partial charge in [0.05, 0.1) is 23.2 Å². The molecular weight excluding hydrogens is 594 g/mol. The molecule has 1 fully saturated rings. The fraction of sp³-hybridized carbons (Fsp3) is 0.259. The van der Waals surface area contributed by atoms with Gasteiger partial charge < -0.3 is 18.9 Å². The van der Waals surface area contributed by atoms with Crippen LogP contribution in [0.1, 0.15) is 35.7 Å². The standard InChI is InChI=1S/C27H24FIN2O4S/c1-14-24(30-21-10-7-18(29)12-20(21)28)23-25(35-27(14)33)22(15(2)31(26(23)32)19-8-9-19)17-6-4-5-16(11-17)13-36(3)34/h4-7,10-12,19,30H,8-9,13H2,1-3H3. The quantitative estimate of drug-likeness (QED) is 0.214. The lowest BCUT2D eigenvalue weighted by Crippen LogP contribution is -2.25. The van der Waals surface area contributed by atoms with Crippen LogP contribution in [-0.4, -0.2) is 15.4 Å². The molecule has 2 aromatic heterocycles. The zero-order valence-corrected chi connectivity index (χ0v) is 23.0. The Morgan fingerprint density at radius 1 is 1.19 bits per heavy atom. The molecule has 0 aliphatic heterocycles. The number of nitrogens with one attached hydrogen (secondary N) is 1. The van der Waals surface area contributed by atoms with E-state index in [2.05, 4.69) is 5.32 Å². The molecule has 1 unspecified atom stereocenters. The smallest absolute Gasteiger partial charge is 0.341 e. The second kappa shape index (κ2) is 9.68. The lowest BCUT2D eigenvalue weighted by Gasteiger charge is -2.19. The Hall–Kier alpha value is -2.63. The first-order valence-electron chi connectivity index (χ1n) is 11.5. The molecule has 186 valence electrons. The summed E-state index contributed by atoms with van der Waals surface area (Å²) in [5.74, 6) is -0.104. The van der Waals surface area contributed by atoms with Gasteiger partial charge in [-0.1, -0.05) is 29.4 Å². The fourth-order valence-electron chi connectivity index (χ4n) is 4.61. The van der Waals surface area contributed by atoms with Crippen LogP contribution in [0.25, 0.3) is 22.1 Å². The number of hydrogen-bond donors (Lipinski definition) is 1. The van der Waals surface area contributed by atoms with Gasteiger partial charge in [-0.2, -0.15) is 0 Å². The number of hydrogen-bond acceptors (Lipinski definition) is 5. The van der Waals surface area contributed by atoms with E-state index in [0.29, 0.717) is 17.0 Å². The highest BCUT2D eigenvalue weighted by Crippen LogP contribution is 2.41. The Bertz CT molecular complexity index is 1630. The van der Waals surface area contributed by atoms with Crippen molar-refractivity contribution in [1.29, 1.82) is 0 Å². The van der Waals surface area contributed by atoms with Gasteiger partial charge in [0, 0.05) is 26.4 Å².